The maximum Gasteiger partial charge on any atom is 0.150 e. The summed E-state index contributed by atoms with van der Waals surface area (Å²) in [5.41, 5.74) is 1.46. The van der Waals surface area contributed by atoms with Crippen molar-refractivity contribution in [3.05, 3.63) is 35.9 Å². The van der Waals surface area contributed by atoms with Crippen LogP contribution in [0.15, 0.2) is 30.3 Å². The van der Waals surface area contributed by atoms with Crippen LogP contribution in [-0.2, 0) is 0 Å². The molecule has 0 aliphatic carbocycles. The van der Waals surface area contributed by atoms with Crippen LogP contribution >= 0.6 is 0 Å². The zero-order valence-electron chi connectivity index (χ0n) is 10.3. The Bertz CT molecular complexity index is 556. The first kappa shape index (κ1) is 11.6. The minimum atomic E-state index is -0.0249. The standard InChI is InChI=1S/C14H16N2O/c1-14(2,3)16-13-7-6-11-5-4-10(9-17)8-12(11)15-13/h4-9H,1-3H3,(H,15,16). The van der Waals surface area contributed by atoms with E-state index in [2.05, 4.69) is 31.1 Å². The highest BCUT2D eigenvalue weighted by Gasteiger charge is 2.10. The van der Waals surface area contributed by atoms with E-state index in [1.807, 2.05) is 18.2 Å². The zero-order chi connectivity index (χ0) is 12.5. The Morgan fingerprint density at radius 1 is 1.18 bits per heavy atom. The minimum Gasteiger partial charge on any atom is -0.365 e. The molecule has 2 aromatic rings. The Morgan fingerprint density at radius 3 is 2.53 bits per heavy atom. The molecule has 0 atom stereocenters. The van der Waals surface area contributed by atoms with Gasteiger partial charge in [0.15, 0.2) is 0 Å². The third-order valence-electron chi connectivity index (χ3n) is 2.36. The summed E-state index contributed by atoms with van der Waals surface area (Å²) >= 11 is 0. The molecule has 17 heavy (non-hydrogen) atoms. The van der Waals surface area contributed by atoms with Gasteiger partial charge in [0, 0.05) is 16.5 Å². The van der Waals surface area contributed by atoms with Crippen LogP contribution in [0.4, 0.5) is 5.82 Å². The summed E-state index contributed by atoms with van der Waals surface area (Å²) in [4.78, 5) is 15.2. The summed E-state index contributed by atoms with van der Waals surface area (Å²) in [5.74, 6) is 0.827. The third-order valence-corrected chi connectivity index (χ3v) is 2.36. The van der Waals surface area contributed by atoms with Crippen LogP contribution in [0, 0.1) is 0 Å². The number of pyridine rings is 1. The average Bonchev–Trinajstić information content (AvgIpc) is 2.26. The minimum absolute atomic E-state index is 0.0249. The van der Waals surface area contributed by atoms with Gasteiger partial charge in [0.1, 0.15) is 12.1 Å². The van der Waals surface area contributed by atoms with Gasteiger partial charge in [-0.3, -0.25) is 4.79 Å². The number of aldehydes is 1. The first-order valence-electron chi connectivity index (χ1n) is 5.62. The topological polar surface area (TPSA) is 42.0 Å². The van der Waals surface area contributed by atoms with E-state index in [0.717, 1.165) is 23.0 Å². The smallest absolute Gasteiger partial charge is 0.150 e. The first-order chi connectivity index (χ1) is 7.98. The molecular weight excluding hydrogens is 212 g/mol. The number of carbonyl (C=O) groups excluding carboxylic acids is 1. The lowest BCUT2D eigenvalue weighted by Gasteiger charge is -2.21. The molecule has 1 aromatic heterocycles. The summed E-state index contributed by atoms with van der Waals surface area (Å²) in [6.45, 7) is 6.25. The monoisotopic (exact) mass is 228 g/mol. The van der Waals surface area contributed by atoms with E-state index in [0.29, 0.717) is 5.56 Å². The first-order valence-corrected chi connectivity index (χ1v) is 5.62. The quantitative estimate of drug-likeness (QED) is 0.802. The number of benzene rings is 1. The number of nitrogens with one attached hydrogen (secondary N) is 1. The maximum absolute atomic E-state index is 10.7. The molecule has 0 amide bonds. The van der Waals surface area contributed by atoms with Crippen molar-refractivity contribution in [3.63, 3.8) is 0 Å². The van der Waals surface area contributed by atoms with Crippen LogP contribution in [0.3, 0.4) is 0 Å². The van der Waals surface area contributed by atoms with Gasteiger partial charge in [0.25, 0.3) is 0 Å². The lowest BCUT2D eigenvalue weighted by Crippen LogP contribution is -2.26. The molecule has 0 saturated heterocycles. The van der Waals surface area contributed by atoms with Crippen molar-refractivity contribution < 1.29 is 4.79 Å². The molecule has 0 unspecified atom stereocenters. The van der Waals surface area contributed by atoms with E-state index < -0.39 is 0 Å². The Labute approximate surface area is 101 Å². The number of rotatable bonds is 2. The molecule has 88 valence electrons. The molecule has 1 aromatic carbocycles. The summed E-state index contributed by atoms with van der Waals surface area (Å²) in [6, 6.07) is 9.47. The maximum atomic E-state index is 10.7. The number of nitrogens with zero attached hydrogens (tertiary/aromatic N) is 1. The molecule has 2 rings (SSSR count). The van der Waals surface area contributed by atoms with Crippen molar-refractivity contribution >= 4 is 23.0 Å². The molecule has 0 aliphatic rings. The lowest BCUT2D eigenvalue weighted by molar-refractivity contribution is 0.112. The Balaban J connectivity index is 2.44. The normalized spacial score (nSPS) is 11.5. The fourth-order valence-corrected chi connectivity index (χ4v) is 1.66. The van der Waals surface area contributed by atoms with Crippen molar-refractivity contribution in [2.45, 2.75) is 26.3 Å². The second-order valence-corrected chi connectivity index (χ2v) is 5.14. The van der Waals surface area contributed by atoms with E-state index in [9.17, 15) is 4.79 Å². The summed E-state index contributed by atoms with van der Waals surface area (Å²) in [7, 11) is 0. The highest BCUT2D eigenvalue weighted by molar-refractivity contribution is 5.87. The van der Waals surface area contributed by atoms with E-state index in [1.165, 1.54) is 0 Å². The van der Waals surface area contributed by atoms with E-state index >= 15 is 0 Å². The van der Waals surface area contributed by atoms with Gasteiger partial charge in [-0.2, -0.15) is 0 Å². The number of anilines is 1. The molecule has 1 heterocycles. The molecule has 0 saturated carbocycles. The van der Waals surface area contributed by atoms with Crippen LogP contribution in [0.5, 0.6) is 0 Å². The number of fused-ring (bicyclic) bond motifs is 1. The van der Waals surface area contributed by atoms with Crippen molar-refractivity contribution in [3.8, 4) is 0 Å². The number of hydrogen-bond donors (Lipinski definition) is 1. The van der Waals surface area contributed by atoms with E-state index in [1.54, 1.807) is 12.1 Å². The summed E-state index contributed by atoms with van der Waals surface area (Å²) < 4.78 is 0. The fourth-order valence-electron chi connectivity index (χ4n) is 1.66. The average molecular weight is 228 g/mol. The molecule has 0 spiro atoms. The van der Waals surface area contributed by atoms with Crippen molar-refractivity contribution in [2.75, 3.05) is 5.32 Å². The van der Waals surface area contributed by atoms with Gasteiger partial charge in [-0.05, 0) is 39.0 Å². The van der Waals surface area contributed by atoms with Crippen LogP contribution in [-0.4, -0.2) is 16.8 Å². The summed E-state index contributed by atoms with van der Waals surface area (Å²) in [5, 5.41) is 4.35. The predicted octanol–water partition coefficient (Wildman–Crippen LogP) is 3.26. The highest BCUT2D eigenvalue weighted by atomic mass is 16.1. The molecule has 1 N–H and O–H groups in total. The van der Waals surface area contributed by atoms with E-state index in [4.69, 9.17) is 0 Å². The van der Waals surface area contributed by atoms with Crippen molar-refractivity contribution in [2.24, 2.45) is 0 Å². The number of hydrogen-bond acceptors (Lipinski definition) is 3. The van der Waals surface area contributed by atoms with Gasteiger partial charge in [0.2, 0.25) is 0 Å². The highest BCUT2D eigenvalue weighted by Crippen LogP contribution is 2.18. The van der Waals surface area contributed by atoms with Gasteiger partial charge in [-0.25, -0.2) is 4.98 Å². The fraction of sp³-hybridized carbons (Fsp3) is 0.286. The Kier molecular flexibility index (Phi) is 2.84. The van der Waals surface area contributed by atoms with E-state index in [-0.39, 0.29) is 5.54 Å². The van der Waals surface area contributed by atoms with Gasteiger partial charge in [0.05, 0.1) is 5.52 Å². The molecule has 0 fully saturated rings. The lowest BCUT2D eigenvalue weighted by atomic mass is 10.1. The molecule has 3 heteroatoms. The Hall–Kier alpha value is -1.90. The molecule has 0 aliphatic heterocycles. The summed E-state index contributed by atoms with van der Waals surface area (Å²) in [6.07, 6.45) is 0.838. The molecule has 0 radical (unpaired) electrons. The van der Waals surface area contributed by atoms with Gasteiger partial charge >= 0.3 is 0 Å². The second kappa shape index (κ2) is 4.17. The number of carbonyl (C=O) groups is 1. The van der Waals surface area contributed by atoms with Gasteiger partial charge in [-0.1, -0.05) is 12.1 Å². The third kappa shape index (κ3) is 2.81. The van der Waals surface area contributed by atoms with Gasteiger partial charge < -0.3 is 5.32 Å². The van der Waals surface area contributed by atoms with Crippen LogP contribution in [0.1, 0.15) is 31.1 Å². The molecular formula is C14H16N2O. The zero-order valence-corrected chi connectivity index (χ0v) is 10.3. The van der Waals surface area contributed by atoms with Crippen LogP contribution in [0.25, 0.3) is 10.9 Å². The predicted molar refractivity (Wildman–Crippen MR) is 70.5 cm³/mol. The largest absolute Gasteiger partial charge is 0.365 e. The van der Waals surface area contributed by atoms with Gasteiger partial charge in [-0.15, -0.1) is 0 Å². The SMILES string of the molecule is CC(C)(C)Nc1ccc2ccc(C=O)cc2n1. The molecule has 0 bridgehead atoms. The molecule has 3 nitrogen and oxygen atoms in total. The second-order valence-electron chi connectivity index (χ2n) is 5.14. The van der Waals surface area contributed by atoms with Crippen LogP contribution < -0.4 is 5.32 Å². The van der Waals surface area contributed by atoms with Crippen LogP contribution in [0.2, 0.25) is 0 Å². The van der Waals surface area contributed by atoms with Crippen molar-refractivity contribution in [1.82, 2.24) is 4.98 Å². The number of aromatic nitrogens is 1. The van der Waals surface area contributed by atoms with Crippen molar-refractivity contribution in [1.29, 1.82) is 0 Å². The Morgan fingerprint density at radius 2 is 1.88 bits per heavy atom.